The molecule has 1 aliphatic carbocycles. The Hall–Kier alpha value is 0.190. The zero-order chi connectivity index (χ0) is 11.1. The molecule has 0 N–H and O–H groups in total. The first kappa shape index (κ1) is 11.7. The molecule has 88 valence electrons. The second-order valence-corrected chi connectivity index (χ2v) is 8.54. The van der Waals surface area contributed by atoms with E-state index in [2.05, 4.69) is 0 Å². The van der Waals surface area contributed by atoms with E-state index in [1.165, 1.54) is 7.11 Å². The van der Waals surface area contributed by atoms with Crippen LogP contribution in [0.15, 0.2) is 0 Å². The van der Waals surface area contributed by atoms with E-state index in [0.29, 0.717) is 24.5 Å². The Balaban J connectivity index is 2.07. The van der Waals surface area contributed by atoms with Gasteiger partial charge in [-0.3, -0.25) is 0 Å². The first-order valence-corrected chi connectivity index (χ1v) is 8.21. The van der Waals surface area contributed by atoms with Gasteiger partial charge in [0.1, 0.15) is 6.17 Å². The minimum atomic E-state index is -2.99. The molecule has 0 aromatic rings. The van der Waals surface area contributed by atoms with E-state index in [0.717, 1.165) is 10.8 Å². The van der Waals surface area contributed by atoms with E-state index < -0.39 is 15.0 Å². The molecular formula is C9H15FO3S2. The van der Waals surface area contributed by atoms with Crippen LogP contribution < -0.4 is 0 Å². The molecule has 1 aliphatic heterocycles. The summed E-state index contributed by atoms with van der Waals surface area (Å²) in [6.45, 7) is 0. The van der Waals surface area contributed by atoms with Gasteiger partial charge in [-0.2, -0.15) is 0 Å². The summed E-state index contributed by atoms with van der Waals surface area (Å²) in [5.41, 5.74) is 0. The third-order valence-corrected chi connectivity index (χ3v) is 6.97. The van der Waals surface area contributed by atoms with Gasteiger partial charge in [0.2, 0.25) is 8.87 Å². The van der Waals surface area contributed by atoms with Gasteiger partial charge in [0.25, 0.3) is 0 Å². The van der Waals surface area contributed by atoms with Crippen molar-refractivity contribution >= 4 is 19.7 Å². The summed E-state index contributed by atoms with van der Waals surface area (Å²) in [6, 6.07) is 0. The van der Waals surface area contributed by atoms with Crippen LogP contribution in [-0.4, -0.2) is 39.3 Å². The normalized spacial score (nSPS) is 44.7. The predicted molar refractivity (Wildman–Crippen MR) is 58.2 cm³/mol. The fraction of sp³-hybridized carbons (Fsp3) is 1.00. The molecule has 2 rings (SSSR count). The summed E-state index contributed by atoms with van der Waals surface area (Å²) >= 11 is 0. The zero-order valence-electron chi connectivity index (χ0n) is 8.56. The van der Waals surface area contributed by atoms with Crippen molar-refractivity contribution in [1.29, 1.82) is 0 Å². The van der Waals surface area contributed by atoms with E-state index in [1.54, 1.807) is 0 Å². The summed E-state index contributed by atoms with van der Waals surface area (Å²) in [6.07, 6.45) is -0.351. The Labute approximate surface area is 93.1 Å². The van der Waals surface area contributed by atoms with Crippen LogP contribution in [0.2, 0.25) is 0 Å². The second-order valence-electron chi connectivity index (χ2n) is 4.29. The maximum atomic E-state index is 13.5. The lowest BCUT2D eigenvalue weighted by Gasteiger charge is -2.39. The van der Waals surface area contributed by atoms with Gasteiger partial charge in [-0.15, -0.1) is 0 Å². The van der Waals surface area contributed by atoms with E-state index >= 15 is 0 Å². The Kier molecular flexibility index (Phi) is 3.28. The van der Waals surface area contributed by atoms with Crippen molar-refractivity contribution < 1.29 is 17.5 Å². The molecule has 15 heavy (non-hydrogen) atoms. The summed E-state index contributed by atoms with van der Waals surface area (Å²) in [5, 5.41) is 0. The molecule has 1 saturated heterocycles. The molecule has 0 spiro atoms. The molecule has 0 aromatic heterocycles. The molecule has 0 aromatic carbocycles. The van der Waals surface area contributed by atoms with Crippen LogP contribution in [0, 0.1) is 11.8 Å². The van der Waals surface area contributed by atoms with Crippen molar-refractivity contribution in [2.24, 2.45) is 11.8 Å². The molecule has 1 saturated carbocycles. The lowest BCUT2D eigenvalue weighted by molar-refractivity contribution is -0.0243. The van der Waals surface area contributed by atoms with E-state index in [-0.39, 0.29) is 17.8 Å². The van der Waals surface area contributed by atoms with Gasteiger partial charge in [-0.05, 0) is 35.5 Å². The number of fused-ring (bicyclic) bond motifs is 1. The highest BCUT2D eigenvalue weighted by molar-refractivity contribution is 8.72. The van der Waals surface area contributed by atoms with Crippen LogP contribution in [0.3, 0.4) is 0 Å². The van der Waals surface area contributed by atoms with Crippen molar-refractivity contribution in [2.45, 2.75) is 25.1 Å². The molecule has 2 fully saturated rings. The molecule has 6 heteroatoms. The van der Waals surface area contributed by atoms with Gasteiger partial charge < -0.3 is 4.74 Å². The molecule has 4 unspecified atom stereocenters. The smallest absolute Gasteiger partial charge is 0.201 e. The lowest BCUT2D eigenvalue weighted by atomic mass is 9.79. The molecule has 4 atom stereocenters. The number of hydrogen-bond donors (Lipinski definition) is 0. The topological polar surface area (TPSA) is 43.4 Å². The van der Waals surface area contributed by atoms with Crippen LogP contribution in [0.5, 0.6) is 0 Å². The Bertz CT molecular complexity index is 330. The van der Waals surface area contributed by atoms with Crippen molar-refractivity contribution in [3.8, 4) is 0 Å². The number of alkyl halides is 1. The summed E-state index contributed by atoms with van der Waals surface area (Å²) < 4.78 is 41.4. The van der Waals surface area contributed by atoms with Gasteiger partial charge in [-0.25, -0.2) is 12.8 Å². The van der Waals surface area contributed by atoms with Gasteiger partial charge in [0.05, 0.1) is 11.9 Å². The van der Waals surface area contributed by atoms with Gasteiger partial charge in [-0.1, -0.05) is 0 Å². The SMILES string of the molecule is COC1CC2CSS(=O)(=O)CC2CC1F. The van der Waals surface area contributed by atoms with Gasteiger partial charge in [0, 0.05) is 12.9 Å². The maximum Gasteiger partial charge on any atom is 0.201 e. The first-order valence-electron chi connectivity index (χ1n) is 5.06. The number of methoxy groups -OCH3 is 1. The fourth-order valence-electron chi connectivity index (χ4n) is 2.43. The largest absolute Gasteiger partial charge is 0.378 e. The fourth-order valence-corrected chi connectivity index (χ4v) is 6.20. The first-order chi connectivity index (χ1) is 7.02. The third kappa shape index (κ3) is 2.47. The highest BCUT2D eigenvalue weighted by Crippen LogP contribution is 2.41. The number of ether oxygens (including phenoxy) is 1. The molecule has 0 amide bonds. The molecule has 2 aliphatic rings. The molecule has 1 heterocycles. The van der Waals surface area contributed by atoms with Crippen molar-refractivity contribution in [3.63, 3.8) is 0 Å². The average Bonchev–Trinajstić information content (AvgIpc) is 2.15. The van der Waals surface area contributed by atoms with E-state index in [4.69, 9.17) is 4.74 Å². The van der Waals surface area contributed by atoms with Crippen molar-refractivity contribution in [1.82, 2.24) is 0 Å². The Morgan fingerprint density at radius 2 is 2.07 bits per heavy atom. The minimum Gasteiger partial charge on any atom is -0.378 e. The van der Waals surface area contributed by atoms with Crippen LogP contribution >= 0.6 is 10.8 Å². The van der Waals surface area contributed by atoms with Crippen LogP contribution in [-0.2, 0) is 13.6 Å². The monoisotopic (exact) mass is 254 g/mol. The Morgan fingerprint density at radius 1 is 1.33 bits per heavy atom. The average molecular weight is 254 g/mol. The minimum absolute atomic E-state index is 0.00218. The lowest BCUT2D eigenvalue weighted by Crippen LogP contribution is -2.43. The van der Waals surface area contributed by atoms with Crippen molar-refractivity contribution in [2.75, 3.05) is 18.6 Å². The summed E-state index contributed by atoms with van der Waals surface area (Å²) in [5.74, 6) is 1.03. The van der Waals surface area contributed by atoms with Crippen molar-refractivity contribution in [3.05, 3.63) is 0 Å². The van der Waals surface area contributed by atoms with E-state index in [9.17, 15) is 12.8 Å². The third-order valence-electron chi connectivity index (χ3n) is 3.32. The summed E-state index contributed by atoms with van der Waals surface area (Å²) in [7, 11) is -0.459. The van der Waals surface area contributed by atoms with Crippen LogP contribution in [0.25, 0.3) is 0 Å². The highest BCUT2D eigenvalue weighted by Gasteiger charge is 2.42. The second kappa shape index (κ2) is 4.22. The van der Waals surface area contributed by atoms with Crippen LogP contribution in [0.4, 0.5) is 4.39 Å². The quantitative estimate of drug-likeness (QED) is 0.664. The zero-order valence-corrected chi connectivity index (χ0v) is 10.2. The van der Waals surface area contributed by atoms with Gasteiger partial charge in [0.15, 0.2) is 0 Å². The predicted octanol–water partition coefficient (Wildman–Crippen LogP) is 1.44. The maximum absolute atomic E-state index is 13.5. The standard InChI is InChI=1S/C9H15FO3S2/c1-13-9-3-6-4-14-15(11,12)5-7(6)2-8(9)10/h6-9H,2-5H2,1H3. The van der Waals surface area contributed by atoms with Crippen LogP contribution in [0.1, 0.15) is 12.8 Å². The molecule has 3 nitrogen and oxygen atoms in total. The molecular weight excluding hydrogens is 239 g/mol. The number of halogens is 1. The molecule has 0 radical (unpaired) electrons. The van der Waals surface area contributed by atoms with Gasteiger partial charge >= 0.3 is 0 Å². The molecule has 0 bridgehead atoms. The Morgan fingerprint density at radius 3 is 2.73 bits per heavy atom. The summed E-state index contributed by atoms with van der Waals surface area (Å²) in [4.78, 5) is 0. The number of hydrogen-bond acceptors (Lipinski definition) is 4. The highest BCUT2D eigenvalue weighted by atomic mass is 33.1. The number of rotatable bonds is 1. The van der Waals surface area contributed by atoms with E-state index in [1.807, 2.05) is 0 Å².